The van der Waals surface area contributed by atoms with Crippen LogP contribution < -0.4 is 11.1 Å². The molecule has 3 N–H and O–H groups in total. The summed E-state index contributed by atoms with van der Waals surface area (Å²) in [7, 11) is 0. The fraction of sp³-hybridized carbons (Fsp3) is 0.375. The number of benzene rings is 1. The van der Waals surface area contributed by atoms with Crippen molar-refractivity contribution in [3.8, 4) is 0 Å². The van der Waals surface area contributed by atoms with Gasteiger partial charge in [0.05, 0.1) is 6.04 Å². The third kappa shape index (κ3) is 3.87. The Labute approximate surface area is 134 Å². The molecule has 1 aromatic carbocycles. The topological polar surface area (TPSA) is 73.1 Å². The average molecular weight is 319 g/mol. The summed E-state index contributed by atoms with van der Waals surface area (Å²) < 4.78 is 5.49. The third-order valence-corrected chi connectivity index (χ3v) is 4.02. The van der Waals surface area contributed by atoms with E-state index in [0.29, 0.717) is 16.9 Å². The highest BCUT2D eigenvalue weighted by atomic mass is 35.5. The average Bonchev–Trinajstić information content (AvgIpc) is 2.99. The van der Waals surface area contributed by atoms with E-state index in [9.17, 15) is 0 Å². The molecule has 1 aliphatic heterocycles. The van der Waals surface area contributed by atoms with Crippen molar-refractivity contribution in [2.45, 2.75) is 18.9 Å². The lowest BCUT2D eigenvalue weighted by atomic mass is 9.94. The van der Waals surface area contributed by atoms with Crippen molar-refractivity contribution in [2.75, 3.05) is 24.3 Å². The smallest absolute Gasteiger partial charge is 0.223 e. The maximum absolute atomic E-state index is 5.96. The van der Waals surface area contributed by atoms with Gasteiger partial charge < -0.3 is 15.8 Å². The Kier molecular flexibility index (Phi) is 4.75. The van der Waals surface area contributed by atoms with Crippen LogP contribution in [0.4, 0.5) is 11.8 Å². The first-order valence-corrected chi connectivity index (χ1v) is 7.78. The maximum atomic E-state index is 5.96. The SMILES string of the molecule is Nc1nc(Cl)cc(NC(CC2CCOC2)c2ccccc2)n1. The summed E-state index contributed by atoms with van der Waals surface area (Å²) in [6.07, 6.45) is 2.07. The van der Waals surface area contributed by atoms with Crippen molar-refractivity contribution in [3.63, 3.8) is 0 Å². The van der Waals surface area contributed by atoms with Gasteiger partial charge in [-0.25, -0.2) is 4.98 Å². The summed E-state index contributed by atoms with van der Waals surface area (Å²) in [5, 5.41) is 3.77. The summed E-state index contributed by atoms with van der Waals surface area (Å²) in [5.74, 6) is 1.36. The number of halogens is 1. The van der Waals surface area contributed by atoms with Crippen molar-refractivity contribution >= 4 is 23.4 Å². The highest BCUT2D eigenvalue weighted by molar-refractivity contribution is 6.29. The van der Waals surface area contributed by atoms with Crippen LogP contribution in [-0.2, 0) is 4.74 Å². The molecule has 0 amide bonds. The molecule has 0 radical (unpaired) electrons. The van der Waals surface area contributed by atoms with Gasteiger partial charge in [0.1, 0.15) is 11.0 Å². The van der Waals surface area contributed by atoms with E-state index >= 15 is 0 Å². The zero-order chi connectivity index (χ0) is 15.4. The number of nitrogens with two attached hydrogens (primary N) is 1. The van der Waals surface area contributed by atoms with Crippen molar-refractivity contribution < 1.29 is 4.74 Å². The monoisotopic (exact) mass is 318 g/mol. The minimum atomic E-state index is 0.137. The second-order valence-electron chi connectivity index (χ2n) is 5.51. The number of anilines is 2. The second kappa shape index (κ2) is 6.94. The largest absolute Gasteiger partial charge is 0.381 e. The number of ether oxygens (including phenoxy) is 1. The number of nitrogen functional groups attached to an aromatic ring is 1. The summed E-state index contributed by atoms with van der Waals surface area (Å²) in [5.41, 5.74) is 6.88. The Morgan fingerprint density at radius 2 is 2.14 bits per heavy atom. The summed E-state index contributed by atoms with van der Waals surface area (Å²) in [6, 6.07) is 12.1. The van der Waals surface area contributed by atoms with E-state index < -0.39 is 0 Å². The number of nitrogens with one attached hydrogen (secondary N) is 1. The molecule has 6 heteroatoms. The molecule has 0 aliphatic carbocycles. The van der Waals surface area contributed by atoms with Crippen molar-refractivity contribution in [1.82, 2.24) is 9.97 Å². The Morgan fingerprint density at radius 1 is 1.32 bits per heavy atom. The van der Waals surface area contributed by atoms with Crippen LogP contribution >= 0.6 is 11.6 Å². The van der Waals surface area contributed by atoms with E-state index in [0.717, 1.165) is 26.1 Å². The molecule has 2 heterocycles. The number of hydrogen-bond donors (Lipinski definition) is 2. The van der Waals surface area contributed by atoms with E-state index in [1.54, 1.807) is 6.07 Å². The summed E-state index contributed by atoms with van der Waals surface area (Å²) >= 11 is 5.96. The normalized spacial score (nSPS) is 19.0. The molecule has 0 spiro atoms. The molecule has 2 aromatic rings. The molecule has 2 unspecified atom stereocenters. The molecule has 1 fully saturated rings. The molecule has 1 aromatic heterocycles. The number of rotatable bonds is 5. The first-order chi connectivity index (χ1) is 10.7. The van der Waals surface area contributed by atoms with E-state index in [-0.39, 0.29) is 12.0 Å². The van der Waals surface area contributed by atoms with E-state index in [4.69, 9.17) is 22.1 Å². The minimum absolute atomic E-state index is 0.137. The van der Waals surface area contributed by atoms with Crippen LogP contribution in [0.15, 0.2) is 36.4 Å². The zero-order valence-corrected chi connectivity index (χ0v) is 13.0. The van der Waals surface area contributed by atoms with Gasteiger partial charge in [-0.2, -0.15) is 4.98 Å². The standard InChI is InChI=1S/C16H19ClN4O/c17-14-9-15(21-16(18)20-14)19-13(8-11-6-7-22-10-11)12-4-2-1-3-5-12/h1-5,9,11,13H,6-8,10H2,(H3,18,19,20,21). The Bertz CT molecular complexity index is 597. The summed E-state index contributed by atoms with van der Waals surface area (Å²) in [6.45, 7) is 1.66. The molecule has 0 saturated carbocycles. The van der Waals surface area contributed by atoms with Gasteiger partial charge in [-0.3, -0.25) is 0 Å². The van der Waals surface area contributed by atoms with Gasteiger partial charge in [-0.15, -0.1) is 0 Å². The molecular weight excluding hydrogens is 300 g/mol. The first-order valence-electron chi connectivity index (χ1n) is 7.40. The number of hydrogen-bond acceptors (Lipinski definition) is 5. The summed E-state index contributed by atoms with van der Waals surface area (Å²) in [4.78, 5) is 8.10. The fourth-order valence-electron chi connectivity index (χ4n) is 2.75. The van der Waals surface area contributed by atoms with Gasteiger partial charge in [0.25, 0.3) is 0 Å². The van der Waals surface area contributed by atoms with Gasteiger partial charge >= 0.3 is 0 Å². The zero-order valence-electron chi connectivity index (χ0n) is 12.2. The molecule has 22 heavy (non-hydrogen) atoms. The Hall–Kier alpha value is -1.85. The highest BCUT2D eigenvalue weighted by Crippen LogP contribution is 2.29. The molecule has 1 aliphatic rings. The van der Waals surface area contributed by atoms with Crippen LogP contribution in [0.1, 0.15) is 24.4 Å². The third-order valence-electron chi connectivity index (χ3n) is 3.83. The van der Waals surface area contributed by atoms with Crippen molar-refractivity contribution in [3.05, 3.63) is 47.1 Å². The lowest BCUT2D eigenvalue weighted by Gasteiger charge is -2.22. The highest BCUT2D eigenvalue weighted by Gasteiger charge is 2.22. The van der Waals surface area contributed by atoms with E-state index in [2.05, 4.69) is 27.4 Å². The molecule has 0 bridgehead atoms. The van der Waals surface area contributed by atoms with Crippen molar-refractivity contribution in [1.29, 1.82) is 0 Å². The molecule has 116 valence electrons. The van der Waals surface area contributed by atoms with Crippen LogP contribution in [0, 0.1) is 5.92 Å². The minimum Gasteiger partial charge on any atom is -0.381 e. The lowest BCUT2D eigenvalue weighted by molar-refractivity contribution is 0.183. The Balaban J connectivity index is 1.81. The quantitative estimate of drug-likeness (QED) is 0.828. The van der Waals surface area contributed by atoms with Crippen LogP contribution in [0.5, 0.6) is 0 Å². The van der Waals surface area contributed by atoms with Gasteiger partial charge in [0.2, 0.25) is 5.95 Å². The van der Waals surface area contributed by atoms with Crippen molar-refractivity contribution in [2.24, 2.45) is 5.92 Å². The van der Waals surface area contributed by atoms with Crippen LogP contribution in [0.25, 0.3) is 0 Å². The van der Waals surface area contributed by atoms with Gasteiger partial charge in [0, 0.05) is 19.3 Å². The van der Waals surface area contributed by atoms with Gasteiger partial charge in [0.15, 0.2) is 0 Å². The van der Waals surface area contributed by atoms with Gasteiger partial charge in [-0.1, -0.05) is 41.9 Å². The lowest BCUT2D eigenvalue weighted by Crippen LogP contribution is -2.17. The fourth-order valence-corrected chi connectivity index (χ4v) is 2.94. The maximum Gasteiger partial charge on any atom is 0.223 e. The van der Waals surface area contributed by atoms with Crippen LogP contribution in [0.2, 0.25) is 5.15 Å². The van der Waals surface area contributed by atoms with Gasteiger partial charge in [-0.05, 0) is 24.3 Å². The van der Waals surface area contributed by atoms with Crippen LogP contribution in [-0.4, -0.2) is 23.2 Å². The number of aromatic nitrogens is 2. The van der Waals surface area contributed by atoms with E-state index in [1.165, 1.54) is 5.56 Å². The molecule has 1 saturated heterocycles. The molecule has 5 nitrogen and oxygen atoms in total. The molecular formula is C16H19ClN4O. The first kappa shape index (κ1) is 15.1. The Morgan fingerprint density at radius 3 is 2.82 bits per heavy atom. The number of nitrogens with zero attached hydrogens (tertiary/aromatic N) is 2. The predicted octanol–water partition coefficient (Wildman–Crippen LogP) is 3.29. The molecule has 3 rings (SSSR count). The van der Waals surface area contributed by atoms with E-state index in [1.807, 2.05) is 18.2 Å². The molecule has 2 atom stereocenters. The van der Waals surface area contributed by atoms with Crippen LogP contribution in [0.3, 0.4) is 0 Å². The second-order valence-corrected chi connectivity index (χ2v) is 5.89. The predicted molar refractivity (Wildman–Crippen MR) is 87.8 cm³/mol.